The summed E-state index contributed by atoms with van der Waals surface area (Å²) in [6.07, 6.45) is 0.710. The van der Waals surface area contributed by atoms with Crippen LogP contribution in [0.2, 0.25) is 0 Å². The summed E-state index contributed by atoms with van der Waals surface area (Å²) in [5, 5.41) is 17.2. The molecule has 26 heavy (non-hydrogen) atoms. The van der Waals surface area contributed by atoms with Crippen molar-refractivity contribution < 1.29 is 14.5 Å². The van der Waals surface area contributed by atoms with Crippen LogP contribution in [0.5, 0.6) is 0 Å². The predicted molar refractivity (Wildman–Crippen MR) is 97.9 cm³/mol. The van der Waals surface area contributed by atoms with Gasteiger partial charge >= 0.3 is 11.8 Å². The number of amides is 2. The van der Waals surface area contributed by atoms with Gasteiger partial charge in [-0.3, -0.25) is 19.7 Å². The van der Waals surface area contributed by atoms with Gasteiger partial charge < -0.3 is 5.32 Å². The summed E-state index contributed by atoms with van der Waals surface area (Å²) in [5.41, 5.74) is 4.35. The maximum Gasteiger partial charge on any atom is 0.329 e. The third-order valence-electron chi connectivity index (χ3n) is 3.65. The summed E-state index contributed by atoms with van der Waals surface area (Å²) in [6, 6.07) is 13.0. The molecule has 0 aliphatic carbocycles. The first-order valence-electron chi connectivity index (χ1n) is 7.90. The third kappa shape index (κ3) is 4.73. The molecule has 2 N–H and O–H groups in total. The summed E-state index contributed by atoms with van der Waals surface area (Å²) in [4.78, 5) is 34.2. The van der Waals surface area contributed by atoms with E-state index in [1.165, 1.54) is 18.2 Å². The molecule has 8 heteroatoms. The van der Waals surface area contributed by atoms with Crippen molar-refractivity contribution in [3.05, 3.63) is 69.8 Å². The zero-order valence-corrected chi connectivity index (χ0v) is 14.4. The minimum Gasteiger partial charge on any atom is -0.317 e. The smallest absolute Gasteiger partial charge is 0.317 e. The summed E-state index contributed by atoms with van der Waals surface area (Å²) >= 11 is 0. The quantitative estimate of drug-likeness (QED) is 0.372. The number of non-ortho nitro benzene ring substituents is 1. The summed E-state index contributed by atoms with van der Waals surface area (Å²) in [7, 11) is 0. The molecule has 0 aliphatic rings. The first kappa shape index (κ1) is 18.8. The highest BCUT2D eigenvalue weighted by Crippen LogP contribution is 2.15. The van der Waals surface area contributed by atoms with Gasteiger partial charge in [0, 0.05) is 23.4 Å². The fourth-order valence-electron chi connectivity index (χ4n) is 2.22. The summed E-state index contributed by atoms with van der Waals surface area (Å²) in [6.45, 7) is 3.52. The Labute approximate surface area is 150 Å². The van der Waals surface area contributed by atoms with Crippen LogP contribution < -0.4 is 10.7 Å². The fraction of sp³-hybridized carbons (Fsp3) is 0.167. The van der Waals surface area contributed by atoms with Crippen LogP contribution in [-0.2, 0) is 16.0 Å². The number of aryl methyl sites for hydroxylation is 1. The number of hydrazone groups is 1. The van der Waals surface area contributed by atoms with Gasteiger partial charge in [-0.05, 0) is 25.0 Å². The minimum absolute atomic E-state index is 0.0858. The molecule has 0 unspecified atom stereocenters. The lowest BCUT2D eigenvalue weighted by atomic mass is 10.1. The van der Waals surface area contributed by atoms with Crippen LogP contribution in [0, 0.1) is 10.1 Å². The van der Waals surface area contributed by atoms with Crippen molar-refractivity contribution >= 4 is 28.9 Å². The van der Waals surface area contributed by atoms with Crippen LogP contribution >= 0.6 is 0 Å². The van der Waals surface area contributed by atoms with E-state index >= 15 is 0 Å². The van der Waals surface area contributed by atoms with Crippen molar-refractivity contribution in [2.24, 2.45) is 5.10 Å². The largest absolute Gasteiger partial charge is 0.329 e. The highest BCUT2D eigenvalue weighted by molar-refractivity contribution is 6.39. The monoisotopic (exact) mass is 354 g/mol. The standard InChI is InChI=1S/C18H18N4O4/c1-3-13-7-4-5-10-16(13)19-17(23)18(24)21-20-12(2)14-8-6-9-15(11-14)22(25)26/h4-11H,3H2,1-2H3,(H,19,23)(H,21,24)/b20-12+. The summed E-state index contributed by atoms with van der Waals surface area (Å²) in [5.74, 6) is -1.78. The number of hydrogen-bond acceptors (Lipinski definition) is 5. The fourth-order valence-corrected chi connectivity index (χ4v) is 2.22. The van der Waals surface area contributed by atoms with Crippen molar-refractivity contribution in [1.29, 1.82) is 0 Å². The highest BCUT2D eigenvalue weighted by Gasteiger charge is 2.15. The van der Waals surface area contributed by atoms with Crippen LogP contribution in [0.4, 0.5) is 11.4 Å². The van der Waals surface area contributed by atoms with E-state index in [0.29, 0.717) is 23.4 Å². The summed E-state index contributed by atoms with van der Waals surface area (Å²) < 4.78 is 0. The molecule has 0 aliphatic heterocycles. The van der Waals surface area contributed by atoms with E-state index in [0.717, 1.165) is 5.56 Å². The molecule has 134 valence electrons. The SMILES string of the molecule is CCc1ccccc1NC(=O)C(=O)N/N=C(\C)c1cccc([N+](=O)[O-])c1. The zero-order valence-electron chi connectivity index (χ0n) is 14.4. The average Bonchev–Trinajstić information content (AvgIpc) is 2.66. The molecule has 2 rings (SSSR count). The lowest BCUT2D eigenvalue weighted by Gasteiger charge is -2.08. The maximum atomic E-state index is 12.0. The Hall–Kier alpha value is -3.55. The Kier molecular flexibility index (Phi) is 6.15. The number of benzene rings is 2. The Morgan fingerprint density at radius 1 is 1.12 bits per heavy atom. The number of anilines is 1. The second kappa shape index (κ2) is 8.52. The number of nitro benzene ring substituents is 1. The number of carbonyl (C=O) groups is 2. The predicted octanol–water partition coefficient (Wildman–Crippen LogP) is 2.64. The number of para-hydroxylation sites is 1. The molecule has 0 saturated carbocycles. The van der Waals surface area contributed by atoms with E-state index < -0.39 is 16.7 Å². The van der Waals surface area contributed by atoms with Gasteiger partial charge in [0.25, 0.3) is 5.69 Å². The number of nitrogens with one attached hydrogen (secondary N) is 2. The molecule has 0 atom stereocenters. The Morgan fingerprint density at radius 3 is 2.54 bits per heavy atom. The minimum atomic E-state index is -0.930. The maximum absolute atomic E-state index is 12.0. The van der Waals surface area contributed by atoms with Gasteiger partial charge in [0.05, 0.1) is 10.6 Å². The second-order valence-corrected chi connectivity index (χ2v) is 5.41. The number of nitro groups is 1. The van der Waals surface area contributed by atoms with Crippen molar-refractivity contribution in [2.45, 2.75) is 20.3 Å². The topological polar surface area (TPSA) is 114 Å². The van der Waals surface area contributed by atoms with Crippen LogP contribution in [0.15, 0.2) is 53.6 Å². The van der Waals surface area contributed by atoms with Gasteiger partial charge in [-0.1, -0.05) is 37.3 Å². The molecule has 0 radical (unpaired) electrons. The van der Waals surface area contributed by atoms with Crippen LogP contribution in [0.25, 0.3) is 0 Å². The highest BCUT2D eigenvalue weighted by atomic mass is 16.6. The number of hydrogen-bond donors (Lipinski definition) is 2. The first-order valence-corrected chi connectivity index (χ1v) is 7.90. The van der Waals surface area contributed by atoms with Gasteiger partial charge in [-0.25, -0.2) is 5.43 Å². The molecule has 0 saturated heterocycles. The molecule has 8 nitrogen and oxygen atoms in total. The van der Waals surface area contributed by atoms with Gasteiger partial charge in [0.15, 0.2) is 0 Å². The van der Waals surface area contributed by atoms with Crippen molar-refractivity contribution in [3.8, 4) is 0 Å². The number of rotatable bonds is 5. The normalized spacial score (nSPS) is 10.9. The van der Waals surface area contributed by atoms with Crippen LogP contribution in [0.3, 0.4) is 0 Å². The van der Waals surface area contributed by atoms with Crippen LogP contribution in [-0.4, -0.2) is 22.4 Å². The molecule has 0 aromatic heterocycles. The number of carbonyl (C=O) groups excluding carboxylic acids is 2. The molecule has 2 amide bonds. The van der Waals surface area contributed by atoms with E-state index in [9.17, 15) is 19.7 Å². The lowest BCUT2D eigenvalue weighted by Crippen LogP contribution is -2.33. The van der Waals surface area contributed by atoms with Crippen molar-refractivity contribution in [3.63, 3.8) is 0 Å². The molecule has 0 spiro atoms. The lowest BCUT2D eigenvalue weighted by molar-refractivity contribution is -0.384. The molecule has 2 aromatic rings. The van der Waals surface area contributed by atoms with Gasteiger partial charge in [0.1, 0.15) is 0 Å². The van der Waals surface area contributed by atoms with E-state index in [4.69, 9.17) is 0 Å². The molecular weight excluding hydrogens is 336 g/mol. The molecule has 0 fully saturated rings. The Bertz CT molecular complexity index is 877. The zero-order chi connectivity index (χ0) is 19.1. The van der Waals surface area contributed by atoms with Gasteiger partial charge in [0.2, 0.25) is 0 Å². The van der Waals surface area contributed by atoms with Crippen molar-refractivity contribution in [2.75, 3.05) is 5.32 Å². The molecule has 0 bridgehead atoms. The molecule has 2 aromatic carbocycles. The average molecular weight is 354 g/mol. The van der Waals surface area contributed by atoms with Gasteiger partial charge in [-0.2, -0.15) is 5.10 Å². The second-order valence-electron chi connectivity index (χ2n) is 5.41. The Morgan fingerprint density at radius 2 is 1.85 bits per heavy atom. The van der Waals surface area contributed by atoms with E-state index in [1.54, 1.807) is 25.1 Å². The van der Waals surface area contributed by atoms with Crippen LogP contribution in [0.1, 0.15) is 25.0 Å². The van der Waals surface area contributed by atoms with E-state index in [1.807, 2.05) is 19.1 Å². The number of nitrogens with zero attached hydrogens (tertiary/aromatic N) is 2. The van der Waals surface area contributed by atoms with Crippen molar-refractivity contribution in [1.82, 2.24) is 5.43 Å². The third-order valence-corrected chi connectivity index (χ3v) is 3.65. The van der Waals surface area contributed by atoms with Gasteiger partial charge in [-0.15, -0.1) is 0 Å². The van der Waals surface area contributed by atoms with E-state index in [2.05, 4.69) is 15.8 Å². The molecular formula is C18H18N4O4. The molecule has 0 heterocycles. The Balaban J connectivity index is 2.04. The van der Waals surface area contributed by atoms with E-state index in [-0.39, 0.29) is 5.69 Å². The first-order chi connectivity index (χ1) is 12.4.